The highest BCUT2D eigenvalue weighted by molar-refractivity contribution is 5.66. The zero-order valence-corrected chi connectivity index (χ0v) is 15.5. The van der Waals surface area contributed by atoms with Crippen molar-refractivity contribution in [2.24, 2.45) is 5.73 Å². The van der Waals surface area contributed by atoms with Crippen molar-refractivity contribution in [2.45, 2.75) is 6.92 Å². The van der Waals surface area contributed by atoms with Crippen LogP contribution in [0.4, 0.5) is 11.5 Å². The summed E-state index contributed by atoms with van der Waals surface area (Å²) in [5.41, 5.74) is 8.11. The Hall–Kier alpha value is -3.12. The van der Waals surface area contributed by atoms with E-state index >= 15 is 0 Å². The van der Waals surface area contributed by atoms with Crippen molar-refractivity contribution in [3.05, 3.63) is 60.4 Å². The van der Waals surface area contributed by atoms with E-state index in [4.69, 9.17) is 9.47 Å². The molecule has 0 bridgehead atoms. The third kappa shape index (κ3) is 4.49. The Balaban J connectivity index is 0.00000117. The van der Waals surface area contributed by atoms with Crippen LogP contribution in [0, 0.1) is 6.92 Å². The average Bonchev–Trinajstić information content (AvgIpc) is 2.71. The maximum absolute atomic E-state index is 5.40. The lowest BCUT2D eigenvalue weighted by molar-refractivity contribution is 0.389. The van der Waals surface area contributed by atoms with E-state index in [1.807, 2.05) is 49.4 Å². The summed E-state index contributed by atoms with van der Waals surface area (Å²) in [7, 11) is 4.78. The fourth-order valence-corrected chi connectivity index (χ4v) is 2.48. The molecule has 0 aliphatic heterocycles. The summed E-state index contributed by atoms with van der Waals surface area (Å²) >= 11 is 0. The number of benzene rings is 2. The van der Waals surface area contributed by atoms with Gasteiger partial charge in [0.25, 0.3) is 0 Å². The number of nitrogens with two attached hydrogens (primary N) is 1. The van der Waals surface area contributed by atoms with Gasteiger partial charge >= 0.3 is 0 Å². The molecule has 26 heavy (non-hydrogen) atoms. The first-order valence-electron chi connectivity index (χ1n) is 8.16. The molecule has 0 spiro atoms. The monoisotopic (exact) mass is 352 g/mol. The molecule has 0 atom stereocenters. The van der Waals surface area contributed by atoms with Crippen molar-refractivity contribution < 1.29 is 9.47 Å². The van der Waals surface area contributed by atoms with Gasteiger partial charge in [-0.3, -0.25) is 4.98 Å². The van der Waals surface area contributed by atoms with Gasteiger partial charge in [0.1, 0.15) is 17.3 Å². The summed E-state index contributed by atoms with van der Waals surface area (Å²) in [6.45, 7) is 1.96. The molecule has 2 aromatic carbocycles. The summed E-state index contributed by atoms with van der Waals surface area (Å²) in [6, 6.07) is 13.8. The van der Waals surface area contributed by atoms with Crippen LogP contribution in [0.1, 0.15) is 5.56 Å². The average molecular weight is 352 g/mol. The van der Waals surface area contributed by atoms with Gasteiger partial charge in [0.2, 0.25) is 0 Å². The summed E-state index contributed by atoms with van der Waals surface area (Å²) in [5.74, 6) is 2.16. The standard InChI is InChI=1S/C19H19N3O2.CH5N/c1-13-17(23-2)9-15(10-18(13)24-3)21-19-12-20-11-16(22-19)14-7-5-4-6-8-14;1-2/h4-12H,1-3H3,(H,21,22);2H2,1H3. The highest BCUT2D eigenvalue weighted by Gasteiger charge is 2.09. The molecule has 6 nitrogen and oxygen atoms in total. The van der Waals surface area contributed by atoms with Crippen LogP contribution in [0.5, 0.6) is 11.5 Å². The third-order valence-corrected chi connectivity index (χ3v) is 3.73. The molecule has 0 aliphatic carbocycles. The first-order chi connectivity index (χ1) is 12.7. The second kappa shape index (κ2) is 9.39. The van der Waals surface area contributed by atoms with Crippen molar-refractivity contribution in [3.63, 3.8) is 0 Å². The van der Waals surface area contributed by atoms with Gasteiger partial charge in [-0.2, -0.15) is 0 Å². The van der Waals surface area contributed by atoms with Gasteiger partial charge in [-0.15, -0.1) is 0 Å². The van der Waals surface area contributed by atoms with Crippen LogP contribution < -0.4 is 20.5 Å². The van der Waals surface area contributed by atoms with Crippen LogP contribution in [-0.2, 0) is 0 Å². The van der Waals surface area contributed by atoms with Crippen LogP contribution >= 0.6 is 0 Å². The number of hydrogen-bond acceptors (Lipinski definition) is 6. The fraction of sp³-hybridized carbons (Fsp3) is 0.200. The molecule has 3 N–H and O–H groups in total. The number of rotatable bonds is 5. The maximum Gasteiger partial charge on any atom is 0.149 e. The molecule has 3 aromatic rings. The van der Waals surface area contributed by atoms with Crippen LogP contribution in [0.3, 0.4) is 0 Å². The van der Waals surface area contributed by atoms with Crippen molar-refractivity contribution in [1.29, 1.82) is 0 Å². The number of hydrogen-bond donors (Lipinski definition) is 2. The molecule has 136 valence electrons. The van der Waals surface area contributed by atoms with Gasteiger partial charge < -0.3 is 20.5 Å². The van der Waals surface area contributed by atoms with E-state index in [-0.39, 0.29) is 0 Å². The number of nitrogens with one attached hydrogen (secondary N) is 1. The minimum Gasteiger partial charge on any atom is -0.496 e. The molecular weight excluding hydrogens is 328 g/mol. The van der Waals surface area contributed by atoms with E-state index in [9.17, 15) is 0 Å². The molecule has 1 heterocycles. The molecule has 3 rings (SSSR count). The number of ether oxygens (including phenoxy) is 2. The van der Waals surface area contributed by atoms with E-state index in [1.54, 1.807) is 26.6 Å². The van der Waals surface area contributed by atoms with Crippen molar-refractivity contribution in [2.75, 3.05) is 26.6 Å². The fourth-order valence-electron chi connectivity index (χ4n) is 2.48. The van der Waals surface area contributed by atoms with Crippen LogP contribution in [0.15, 0.2) is 54.9 Å². The van der Waals surface area contributed by atoms with Gasteiger partial charge in [0.05, 0.1) is 32.3 Å². The first kappa shape index (κ1) is 19.2. The smallest absolute Gasteiger partial charge is 0.149 e. The molecule has 0 saturated heterocycles. The SMILES string of the molecule is CN.COc1cc(Nc2cncc(-c3ccccc3)n2)cc(OC)c1C. The molecule has 0 radical (unpaired) electrons. The summed E-state index contributed by atoms with van der Waals surface area (Å²) < 4.78 is 10.8. The number of aromatic nitrogens is 2. The minimum atomic E-state index is 0.657. The van der Waals surface area contributed by atoms with Crippen molar-refractivity contribution >= 4 is 11.5 Å². The molecule has 0 unspecified atom stereocenters. The Kier molecular flexibility index (Phi) is 6.93. The first-order valence-corrected chi connectivity index (χ1v) is 8.16. The predicted molar refractivity (Wildman–Crippen MR) is 105 cm³/mol. The largest absolute Gasteiger partial charge is 0.496 e. The van der Waals surface area contributed by atoms with Crippen LogP contribution in [-0.4, -0.2) is 31.2 Å². The number of nitrogens with zero attached hydrogens (tertiary/aromatic N) is 2. The molecule has 1 aromatic heterocycles. The number of anilines is 2. The van der Waals surface area contributed by atoms with Crippen LogP contribution in [0.2, 0.25) is 0 Å². The van der Waals surface area contributed by atoms with E-state index < -0.39 is 0 Å². The molecule has 0 aliphatic rings. The summed E-state index contributed by atoms with van der Waals surface area (Å²) in [6.07, 6.45) is 3.43. The molecule has 6 heteroatoms. The Morgan fingerprint density at radius 1 is 0.923 bits per heavy atom. The highest BCUT2D eigenvalue weighted by atomic mass is 16.5. The summed E-state index contributed by atoms with van der Waals surface area (Å²) in [4.78, 5) is 8.89. The van der Waals surface area contributed by atoms with E-state index in [0.717, 1.165) is 34.0 Å². The second-order valence-electron chi connectivity index (χ2n) is 5.29. The Bertz CT molecular complexity index is 813. The van der Waals surface area contributed by atoms with Crippen LogP contribution in [0.25, 0.3) is 11.3 Å². The second-order valence-corrected chi connectivity index (χ2v) is 5.29. The lowest BCUT2D eigenvalue weighted by Gasteiger charge is -2.13. The zero-order chi connectivity index (χ0) is 18.9. The lowest BCUT2D eigenvalue weighted by atomic mass is 10.1. The topological polar surface area (TPSA) is 82.3 Å². The third-order valence-electron chi connectivity index (χ3n) is 3.73. The molecular formula is C20H24N4O2. The van der Waals surface area contributed by atoms with Crippen molar-refractivity contribution in [1.82, 2.24) is 9.97 Å². The quantitative estimate of drug-likeness (QED) is 0.727. The predicted octanol–water partition coefficient (Wildman–Crippen LogP) is 3.79. The molecule has 0 fully saturated rings. The van der Waals surface area contributed by atoms with Crippen molar-refractivity contribution in [3.8, 4) is 22.8 Å². The molecule has 0 saturated carbocycles. The van der Waals surface area contributed by atoms with E-state index in [2.05, 4.69) is 21.0 Å². The summed E-state index contributed by atoms with van der Waals surface area (Å²) in [5, 5.41) is 3.26. The van der Waals surface area contributed by atoms with E-state index in [0.29, 0.717) is 5.82 Å². The Morgan fingerprint density at radius 3 is 2.12 bits per heavy atom. The Labute approximate surface area is 154 Å². The van der Waals surface area contributed by atoms with Gasteiger partial charge in [-0.25, -0.2) is 4.98 Å². The van der Waals surface area contributed by atoms with Gasteiger partial charge in [-0.05, 0) is 14.0 Å². The maximum atomic E-state index is 5.40. The van der Waals surface area contributed by atoms with E-state index in [1.165, 1.54) is 7.05 Å². The minimum absolute atomic E-state index is 0.657. The molecule has 0 amide bonds. The highest BCUT2D eigenvalue weighted by Crippen LogP contribution is 2.33. The van der Waals surface area contributed by atoms with Gasteiger partial charge in [-0.1, -0.05) is 30.3 Å². The normalized spacial score (nSPS) is 9.73. The van der Waals surface area contributed by atoms with Gasteiger partial charge in [0, 0.05) is 28.9 Å². The Morgan fingerprint density at radius 2 is 1.54 bits per heavy atom. The zero-order valence-electron chi connectivity index (χ0n) is 15.5. The lowest BCUT2D eigenvalue weighted by Crippen LogP contribution is -1.99. The van der Waals surface area contributed by atoms with Gasteiger partial charge in [0.15, 0.2) is 0 Å². The number of methoxy groups -OCH3 is 2.